The van der Waals surface area contributed by atoms with Gasteiger partial charge in [0.15, 0.2) is 5.82 Å². The van der Waals surface area contributed by atoms with Crippen molar-refractivity contribution in [2.45, 2.75) is 40.2 Å². The van der Waals surface area contributed by atoms with Crippen molar-refractivity contribution in [2.24, 2.45) is 5.92 Å². The molecule has 1 saturated heterocycles. The van der Waals surface area contributed by atoms with Gasteiger partial charge in [-0.05, 0) is 69.5 Å². The van der Waals surface area contributed by atoms with Gasteiger partial charge in [0.2, 0.25) is 5.91 Å². The first kappa shape index (κ1) is 20.3. The molecule has 30 heavy (non-hydrogen) atoms. The van der Waals surface area contributed by atoms with E-state index in [2.05, 4.69) is 33.3 Å². The molecule has 2 aromatic carbocycles. The number of anilines is 1. The van der Waals surface area contributed by atoms with Crippen molar-refractivity contribution in [3.05, 3.63) is 65.0 Å². The lowest BCUT2D eigenvalue weighted by Gasteiger charge is -2.31. The molecule has 1 aliphatic rings. The van der Waals surface area contributed by atoms with E-state index < -0.39 is 0 Å². The molecule has 0 bridgehead atoms. The average molecular weight is 405 g/mol. The summed E-state index contributed by atoms with van der Waals surface area (Å²) >= 11 is 0. The Morgan fingerprint density at radius 1 is 1.17 bits per heavy atom. The van der Waals surface area contributed by atoms with Crippen LogP contribution >= 0.6 is 0 Å². The molecule has 0 spiro atoms. The molecule has 156 valence electrons. The highest BCUT2D eigenvalue weighted by molar-refractivity contribution is 5.93. The molecule has 0 aliphatic carbocycles. The highest BCUT2D eigenvalue weighted by Gasteiger charge is 2.27. The van der Waals surface area contributed by atoms with Gasteiger partial charge in [-0.2, -0.15) is 4.98 Å². The summed E-state index contributed by atoms with van der Waals surface area (Å²) in [5, 5.41) is 7.26. The standard InChI is InChI=1S/C24H28N4O2/c1-16-9-11-19(12-10-16)24-26-22(27-30-24)15-28-13-5-7-20(14-28)23(29)25-21-8-4-6-17(2)18(21)3/h4,6,8-12,20H,5,7,13-15H2,1-3H3,(H,25,29)/t20-/m0/s1. The first-order valence-electron chi connectivity index (χ1n) is 10.5. The number of piperidine rings is 1. The summed E-state index contributed by atoms with van der Waals surface area (Å²) < 4.78 is 5.44. The van der Waals surface area contributed by atoms with Crippen molar-refractivity contribution in [1.29, 1.82) is 0 Å². The smallest absolute Gasteiger partial charge is 0.257 e. The number of amides is 1. The molecule has 0 saturated carbocycles. The van der Waals surface area contributed by atoms with Crippen LogP contribution in [0, 0.1) is 26.7 Å². The molecule has 1 fully saturated rings. The van der Waals surface area contributed by atoms with Gasteiger partial charge in [0.1, 0.15) is 0 Å². The van der Waals surface area contributed by atoms with Crippen LogP contribution in [0.4, 0.5) is 5.69 Å². The van der Waals surface area contributed by atoms with Crippen molar-refractivity contribution in [2.75, 3.05) is 18.4 Å². The number of aromatic nitrogens is 2. The topological polar surface area (TPSA) is 71.3 Å². The molecule has 1 amide bonds. The largest absolute Gasteiger partial charge is 0.334 e. The second-order valence-corrected chi connectivity index (χ2v) is 8.19. The van der Waals surface area contributed by atoms with Crippen molar-refractivity contribution in [3.8, 4) is 11.5 Å². The maximum Gasteiger partial charge on any atom is 0.257 e. The molecule has 6 nitrogen and oxygen atoms in total. The lowest BCUT2D eigenvalue weighted by molar-refractivity contribution is -0.121. The minimum absolute atomic E-state index is 0.0397. The normalized spacial score (nSPS) is 17.1. The number of hydrogen-bond acceptors (Lipinski definition) is 5. The summed E-state index contributed by atoms with van der Waals surface area (Å²) in [4.78, 5) is 19.6. The Morgan fingerprint density at radius 2 is 1.97 bits per heavy atom. The predicted molar refractivity (Wildman–Crippen MR) is 117 cm³/mol. The molecule has 0 unspecified atom stereocenters. The highest BCUT2D eigenvalue weighted by Crippen LogP contribution is 2.23. The van der Waals surface area contributed by atoms with Crippen molar-refractivity contribution in [1.82, 2.24) is 15.0 Å². The zero-order chi connectivity index (χ0) is 21.1. The number of carbonyl (C=O) groups excluding carboxylic acids is 1. The zero-order valence-corrected chi connectivity index (χ0v) is 17.8. The summed E-state index contributed by atoms with van der Waals surface area (Å²) in [7, 11) is 0. The molecule has 1 aliphatic heterocycles. The summed E-state index contributed by atoms with van der Waals surface area (Å²) in [6, 6.07) is 14.0. The number of benzene rings is 2. The molecular formula is C24H28N4O2. The van der Waals surface area contributed by atoms with Gasteiger partial charge in [0.05, 0.1) is 12.5 Å². The third-order valence-electron chi connectivity index (χ3n) is 5.87. The van der Waals surface area contributed by atoms with Crippen molar-refractivity contribution in [3.63, 3.8) is 0 Å². The molecule has 1 aromatic heterocycles. The van der Waals surface area contributed by atoms with Crippen LogP contribution in [0.2, 0.25) is 0 Å². The molecule has 2 heterocycles. The van der Waals surface area contributed by atoms with E-state index in [4.69, 9.17) is 4.52 Å². The summed E-state index contributed by atoms with van der Waals surface area (Å²) in [6.07, 6.45) is 1.88. The fraction of sp³-hybridized carbons (Fsp3) is 0.375. The summed E-state index contributed by atoms with van der Waals surface area (Å²) in [6.45, 7) is 8.37. The summed E-state index contributed by atoms with van der Waals surface area (Å²) in [5.41, 5.74) is 5.31. The number of nitrogens with zero attached hydrogens (tertiary/aromatic N) is 3. The van der Waals surface area contributed by atoms with Gasteiger partial charge in [0, 0.05) is 17.8 Å². The van der Waals surface area contributed by atoms with Gasteiger partial charge in [0.25, 0.3) is 5.89 Å². The van der Waals surface area contributed by atoms with Crippen LogP contribution in [-0.2, 0) is 11.3 Å². The third-order valence-corrected chi connectivity index (χ3v) is 5.87. The minimum Gasteiger partial charge on any atom is -0.334 e. The number of rotatable bonds is 5. The van der Waals surface area contributed by atoms with E-state index in [1.54, 1.807) is 0 Å². The van der Waals surface area contributed by atoms with Crippen LogP contribution in [0.15, 0.2) is 47.0 Å². The van der Waals surface area contributed by atoms with Crippen LogP contribution in [0.5, 0.6) is 0 Å². The zero-order valence-electron chi connectivity index (χ0n) is 17.8. The fourth-order valence-electron chi connectivity index (χ4n) is 3.87. The second kappa shape index (κ2) is 8.79. The molecule has 1 atom stereocenters. The lowest BCUT2D eigenvalue weighted by Crippen LogP contribution is -2.40. The van der Waals surface area contributed by atoms with Crippen LogP contribution in [0.1, 0.15) is 35.4 Å². The molecule has 1 N–H and O–H groups in total. The summed E-state index contributed by atoms with van der Waals surface area (Å²) in [5.74, 6) is 1.23. The Morgan fingerprint density at radius 3 is 2.77 bits per heavy atom. The van der Waals surface area contributed by atoms with Crippen LogP contribution in [0.3, 0.4) is 0 Å². The third kappa shape index (κ3) is 4.60. The number of carbonyl (C=O) groups is 1. The number of likely N-dealkylation sites (tertiary alicyclic amines) is 1. The van der Waals surface area contributed by atoms with Crippen molar-refractivity contribution >= 4 is 11.6 Å². The van der Waals surface area contributed by atoms with Gasteiger partial charge in [-0.3, -0.25) is 9.69 Å². The van der Waals surface area contributed by atoms with Gasteiger partial charge in [-0.1, -0.05) is 35.0 Å². The SMILES string of the molecule is Cc1ccc(-c2nc(CN3CCC[C@H](C(=O)Nc4cccc(C)c4C)C3)no2)cc1. The number of hydrogen-bond donors (Lipinski definition) is 1. The van der Waals surface area contributed by atoms with Gasteiger partial charge >= 0.3 is 0 Å². The Labute approximate surface area is 177 Å². The Balaban J connectivity index is 1.38. The van der Waals surface area contributed by atoms with E-state index >= 15 is 0 Å². The van der Waals surface area contributed by atoms with Gasteiger partial charge < -0.3 is 9.84 Å². The monoisotopic (exact) mass is 404 g/mol. The van der Waals surface area contributed by atoms with Crippen LogP contribution in [-0.4, -0.2) is 34.0 Å². The predicted octanol–water partition coefficient (Wildman–Crippen LogP) is 4.51. The fourth-order valence-corrected chi connectivity index (χ4v) is 3.87. The first-order chi connectivity index (χ1) is 14.5. The Hall–Kier alpha value is -2.99. The Kier molecular flexibility index (Phi) is 5.95. The van der Waals surface area contributed by atoms with E-state index in [-0.39, 0.29) is 11.8 Å². The van der Waals surface area contributed by atoms with Gasteiger partial charge in [-0.15, -0.1) is 0 Å². The maximum atomic E-state index is 12.9. The average Bonchev–Trinajstić information content (AvgIpc) is 3.20. The lowest BCUT2D eigenvalue weighted by atomic mass is 9.96. The second-order valence-electron chi connectivity index (χ2n) is 8.19. The number of nitrogens with one attached hydrogen (secondary N) is 1. The van der Waals surface area contributed by atoms with Crippen LogP contribution in [0.25, 0.3) is 11.5 Å². The molecular weight excluding hydrogens is 376 g/mol. The first-order valence-corrected chi connectivity index (χ1v) is 10.5. The highest BCUT2D eigenvalue weighted by atomic mass is 16.5. The van der Waals surface area contributed by atoms with E-state index in [1.807, 2.05) is 50.2 Å². The van der Waals surface area contributed by atoms with Crippen LogP contribution < -0.4 is 5.32 Å². The van der Waals surface area contributed by atoms with Gasteiger partial charge in [-0.25, -0.2) is 0 Å². The maximum absolute atomic E-state index is 12.9. The van der Waals surface area contributed by atoms with E-state index in [0.29, 0.717) is 24.8 Å². The molecule has 0 radical (unpaired) electrons. The van der Waals surface area contributed by atoms with E-state index in [9.17, 15) is 4.79 Å². The van der Waals surface area contributed by atoms with Crippen molar-refractivity contribution < 1.29 is 9.32 Å². The molecule has 4 rings (SSSR count). The minimum atomic E-state index is -0.0397. The Bertz CT molecular complexity index is 1030. The van der Waals surface area contributed by atoms with E-state index in [1.165, 1.54) is 11.1 Å². The number of aryl methyl sites for hydroxylation is 2. The van der Waals surface area contributed by atoms with E-state index in [0.717, 1.165) is 36.2 Å². The quantitative estimate of drug-likeness (QED) is 0.677. The molecule has 6 heteroatoms. The molecule has 3 aromatic rings.